The van der Waals surface area contributed by atoms with Gasteiger partial charge in [0.1, 0.15) is 11.4 Å². The van der Waals surface area contributed by atoms with Crippen LogP contribution in [0.1, 0.15) is 17.3 Å². The fourth-order valence-electron chi connectivity index (χ4n) is 1.51. The van der Waals surface area contributed by atoms with Gasteiger partial charge in [-0.3, -0.25) is 4.79 Å². The average molecular weight is 258 g/mol. The summed E-state index contributed by atoms with van der Waals surface area (Å²) in [5.41, 5.74) is 0.635. The van der Waals surface area contributed by atoms with Gasteiger partial charge in [0, 0.05) is 0 Å². The van der Waals surface area contributed by atoms with Gasteiger partial charge < -0.3 is 5.11 Å². The molecule has 0 spiro atoms. The molecule has 5 heteroatoms. The van der Waals surface area contributed by atoms with Crippen molar-refractivity contribution >= 4 is 17.2 Å². The molecule has 0 aliphatic heterocycles. The Morgan fingerprint density at radius 2 is 1.89 bits per heavy atom. The lowest BCUT2D eigenvalue weighted by atomic mass is 10.1. The van der Waals surface area contributed by atoms with Crippen molar-refractivity contribution in [3.05, 3.63) is 53.8 Å². The normalized spacial score (nSPS) is 10.8. The number of hydrogen-bond donors (Lipinski definition) is 1. The van der Waals surface area contributed by atoms with E-state index >= 15 is 0 Å². The molecule has 2 aromatic rings. The lowest BCUT2D eigenvalue weighted by molar-refractivity contribution is 0.101. The summed E-state index contributed by atoms with van der Waals surface area (Å²) in [5.74, 6) is -0.866. The van der Waals surface area contributed by atoms with Crippen LogP contribution in [0.25, 0.3) is 0 Å². The highest BCUT2D eigenvalue weighted by Crippen LogP contribution is 2.26. The number of hydrogen-bond acceptors (Lipinski definition) is 4. The molecule has 0 fully saturated rings. The number of carbonyl (C=O) groups excluding carboxylic acids is 1. The summed E-state index contributed by atoms with van der Waals surface area (Å²) >= 11 is 0. The van der Waals surface area contributed by atoms with Crippen molar-refractivity contribution in [3.8, 4) is 5.75 Å². The lowest BCUT2D eigenvalue weighted by Gasteiger charge is -2.01. The summed E-state index contributed by atoms with van der Waals surface area (Å²) in [6.45, 7) is 1.34. The highest BCUT2D eigenvalue weighted by molar-refractivity contribution is 5.97. The van der Waals surface area contributed by atoms with Crippen molar-refractivity contribution in [1.29, 1.82) is 0 Å². The first-order chi connectivity index (χ1) is 9.08. The molecule has 0 aliphatic carbocycles. The molecule has 4 nitrogen and oxygen atoms in total. The molecule has 0 aromatic heterocycles. The molecule has 0 saturated heterocycles. The fourth-order valence-corrected chi connectivity index (χ4v) is 1.51. The Morgan fingerprint density at radius 1 is 1.16 bits per heavy atom. The molecule has 0 amide bonds. The summed E-state index contributed by atoms with van der Waals surface area (Å²) < 4.78 is 13.3. The Morgan fingerprint density at radius 3 is 2.58 bits per heavy atom. The fraction of sp³-hybridized carbons (Fsp3) is 0.0714. The quantitative estimate of drug-likeness (QED) is 0.664. The van der Waals surface area contributed by atoms with Crippen LogP contribution >= 0.6 is 0 Å². The van der Waals surface area contributed by atoms with E-state index in [9.17, 15) is 14.3 Å². The van der Waals surface area contributed by atoms with Crippen LogP contribution in [0.4, 0.5) is 15.8 Å². The van der Waals surface area contributed by atoms with E-state index in [-0.39, 0.29) is 22.8 Å². The molecule has 0 radical (unpaired) electrons. The maximum atomic E-state index is 13.3. The number of nitrogens with zero attached hydrogens (tertiary/aromatic N) is 2. The second-order valence-corrected chi connectivity index (χ2v) is 3.91. The van der Waals surface area contributed by atoms with Gasteiger partial charge >= 0.3 is 0 Å². The first-order valence-electron chi connectivity index (χ1n) is 5.58. The molecule has 2 aromatic carbocycles. The van der Waals surface area contributed by atoms with Crippen LogP contribution in [0, 0.1) is 5.82 Å². The lowest BCUT2D eigenvalue weighted by Crippen LogP contribution is -1.91. The van der Waals surface area contributed by atoms with Gasteiger partial charge in [-0.05, 0) is 37.3 Å². The van der Waals surface area contributed by atoms with E-state index in [0.717, 1.165) is 0 Å². The zero-order valence-corrected chi connectivity index (χ0v) is 10.2. The van der Waals surface area contributed by atoms with Crippen molar-refractivity contribution in [2.45, 2.75) is 6.92 Å². The molecule has 0 atom stereocenters. The van der Waals surface area contributed by atoms with Crippen molar-refractivity contribution in [2.24, 2.45) is 10.2 Å². The summed E-state index contributed by atoms with van der Waals surface area (Å²) in [6, 6.07) is 10.2. The first-order valence-corrected chi connectivity index (χ1v) is 5.58. The van der Waals surface area contributed by atoms with Crippen LogP contribution in [0.5, 0.6) is 5.75 Å². The molecule has 0 heterocycles. The van der Waals surface area contributed by atoms with Gasteiger partial charge in [0.2, 0.25) is 0 Å². The van der Waals surface area contributed by atoms with E-state index in [1.54, 1.807) is 12.1 Å². The Hall–Kier alpha value is -2.56. The predicted octanol–water partition coefficient (Wildman–Crippen LogP) is 4.15. The van der Waals surface area contributed by atoms with E-state index in [0.29, 0.717) is 5.69 Å². The van der Waals surface area contributed by atoms with Gasteiger partial charge in [-0.1, -0.05) is 12.1 Å². The number of rotatable bonds is 3. The average Bonchev–Trinajstić information content (AvgIpc) is 2.39. The minimum atomic E-state index is -0.475. The van der Waals surface area contributed by atoms with Gasteiger partial charge in [0.25, 0.3) is 0 Å². The molecule has 2 rings (SSSR count). The smallest absolute Gasteiger partial charge is 0.163 e. The van der Waals surface area contributed by atoms with Crippen molar-refractivity contribution in [1.82, 2.24) is 0 Å². The summed E-state index contributed by atoms with van der Waals surface area (Å²) in [4.78, 5) is 11.3. The Bertz CT molecular complexity index is 654. The third-order valence-corrected chi connectivity index (χ3v) is 2.49. The van der Waals surface area contributed by atoms with E-state index in [1.165, 1.54) is 37.3 Å². The van der Waals surface area contributed by atoms with Crippen LogP contribution in [-0.2, 0) is 0 Å². The summed E-state index contributed by atoms with van der Waals surface area (Å²) in [7, 11) is 0. The molecule has 0 unspecified atom stereocenters. The van der Waals surface area contributed by atoms with E-state index < -0.39 is 5.82 Å². The van der Waals surface area contributed by atoms with Crippen LogP contribution in [0.3, 0.4) is 0 Å². The van der Waals surface area contributed by atoms with Crippen LogP contribution in [-0.4, -0.2) is 10.9 Å². The monoisotopic (exact) mass is 258 g/mol. The standard InChI is InChI=1S/C14H11FN2O2/c1-9(18)11-8-10(6-7-14(11)19)16-17-13-5-3-2-4-12(13)15/h2-8,19H,1H3. The second kappa shape index (κ2) is 5.39. The van der Waals surface area contributed by atoms with Gasteiger partial charge in [-0.15, -0.1) is 5.11 Å². The van der Waals surface area contributed by atoms with Crippen molar-refractivity contribution in [2.75, 3.05) is 0 Å². The molecular weight excluding hydrogens is 247 g/mol. The van der Waals surface area contributed by atoms with Gasteiger partial charge in [0.15, 0.2) is 11.6 Å². The number of aromatic hydroxyl groups is 1. The van der Waals surface area contributed by atoms with Gasteiger partial charge in [-0.25, -0.2) is 4.39 Å². The number of halogens is 1. The minimum Gasteiger partial charge on any atom is -0.507 e. The summed E-state index contributed by atoms with van der Waals surface area (Å²) in [6.07, 6.45) is 0. The van der Waals surface area contributed by atoms with Gasteiger partial charge in [0.05, 0.1) is 11.3 Å². The molecule has 0 bridgehead atoms. The van der Waals surface area contributed by atoms with Crippen molar-refractivity contribution < 1.29 is 14.3 Å². The molecular formula is C14H11FN2O2. The highest BCUT2D eigenvalue weighted by Gasteiger charge is 2.07. The largest absolute Gasteiger partial charge is 0.507 e. The maximum absolute atomic E-state index is 13.3. The Labute approximate surface area is 109 Å². The van der Waals surface area contributed by atoms with Crippen LogP contribution in [0.2, 0.25) is 0 Å². The molecule has 96 valence electrons. The summed E-state index contributed by atoms with van der Waals surface area (Å²) in [5, 5.41) is 17.1. The third-order valence-electron chi connectivity index (χ3n) is 2.49. The number of phenolic OH excluding ortho intramolecular Hbond substituents is 1. The zero-order valence-electron chi connectivity index (χ0n) is 10.2. The number of benzene rings is 2. The van der Waals surface area contributed by atoms with Crippen LogP contribution < -0.4 is 0 Å². The maximum Gasteiger partial charge on any atom is 0.163 e. The molecule has 19 heavy (non-hydrogen) atoms. The third kappa shape index (κ3) is 3.01. The molecule has 0 aliphatic rings. The highest BCUT2D eigenvalue weighted by atomic mass is 19.1. The van der Waals surface area contributed by atoms with E-state index in [1.807, 2.05) is 0 Å². The zero-order chi connectivity index (χ0) is 13.8. The SMILES string of the molecule is CC(=O)c1cc(N=Nc2ccccc2F)ccc1O. The Kier molecular flexibility index (Phi) is 3.66. The predicted molar refractivity (Wildman–Crippen MR) is 68.7 cm³/mol. The number of Topliss-reactive ketones (excluding diaryl/α,β-unsaturated/α-hetero) is 1. The van der Waals surface area contributed by atoms with E-state index in [2.05, 4.69) is 10.2 Å². The van der Waals surface area contributed by atoms with Gasteiger partial charge in [-0.2, -0.15) is 5.11 Å². The number of carbonyl (C=O) groups is 1. The molecule has 0 saturated carbocycles. The first kappa shape index (κ1) is 12.9. The number of azo groups is 1. The Balaban J connectivity index is 2.32. The van der Waals surface area contributed by atoms with Crippen LogP contribution in [0.15, 0.2) is 52.7 Å². The second-order valence-electron chi connectivity index (χ2n) is 3.91. The topological polar surface area (TPSA) is 62.0 Å². The van der Waals surface area contributed by atoms with Crippen molar-refractivity contribution in [3.63, 3.8) is 0 Å². The number of phenols is 1. The van der Waals surface area contributed by atoms with E-state index in [4.69, 9.17) is 0 Å². The molecule has 1 N–H and O–H groups in total. The number of ketones is 1. The minimum absolute atomic E-state index is 0.111.